The van der Waals surface area contributed by atoms with Crippen molar-refractivity contribution in [3.05, 3.63) is 54.1 Å². The molecular formula is C19H20O4. The molecule has 0 N–H and O–H groups in total. The Kier molecular flexibility index (Phi) is 3.99. The number of fused-ring (bicyclic) bond motifs is 1. The van der Waals surface area contributed by atoms with Crippen molar-refractivity contribution in [2.75, 3.05) is 6.61 Å². The molecule has 0 saturated carbocycles. The molecule has 3 rings (SSSR count). The van der Waals surface area contributed by atoms with Gasteiger partial charge in [-0.3, -0.25) is 0 Å². The highest BCUT2D eigenvalue weighted by Gasteiger charge is 2.29. The van der Waals surface area contributed by atoms with E-state index in [1.54, 1.807) is 18.2 Å². The van der Waals surface area contributed by atoms with Crippen molar-refractivity contribution < 1.29 is 19.0 Å². The number of hydrogen-bond donors (Lipinski definition) is 0. The third kappa shape index (κ3) is 3.47. The van der Waals surface area contributed by atoms with Crippen molar-refractivity contribution >= 4 is 5.97 Å². The molecular weight excluding hydrogens is 292 g/mol. The maximum Gasteiger partial charge on any atom is 0.356 e. The molecule has 1 aliphatic rings. The molecule has 120 valence electrons. The van der Waals surface area contributed by atoms with Crippen LogP contribution in [0, 0.1) is 0 Å². The summed E-state index contributed by atoms with van der Waals surface area (Å²) in [4.78, 5) is 12.2. The number of rotatable bonds is 2. The van der Waals surface area contributed by atoms with Crippen LogP contribution in [0.2, 0.25) is 0 Å². The van der Waals surface area contributed by atoms with Gasteiger partial charge in [-0.1, -0.05) is 45.0 Å². The van der Waals surface area contributed by atoms with E-state index in [0.717, 1.165) is 0 Å². The van der Waals surface area contributed by atoms with Gasteiger partial charge in [-0.15, -0.1) is 0 Å². The molecule has 4 nitrogen and oxygen atoms in total. The summed E-state index contributed by atoms with van der Waals surface area (Å²) in [6.45, 7) is 6.56. The van der Waals surface area contributed by atoms with E-state index < -0.39 is 12.1 Å². The lowest BCUT2D eigenvalue weighted by atomic mass is 9.87. The Labute approximate surface area is 136 Å². The zero-order valence-electron chi connectivity index (χ0n) is 13.5. The van der Waals surface area contributed by atoms with E-state index in [0.29, 0.717) is 17.2 Å². The van der Waals surface area contributed by atoms with Crippen LogP contribution in [0.4, 0.5) is 0 Å². The first-order chi connectivity index (χ1) is 10.9. The molecule has 0 fully saturated rings. The van der Waals surface area contributed by atoms with Gasteiger partial charge >= 0.3 is 5.97 Å². The molecule has 0 bridgehead atoms. The van der Waals surface area contributed by atoms with Crippen molar-refractivity contribution in [2.24, 2.45) is 0 Å². The largest absolute Gasteiger partial charge is 0.485 e. The van der Waals surface area contributed by atoms with Crippen molar-refractivity contribution in [3.63, 3.8) is 0 Å². The molecule has 0 radical (unpaired) electrons. The van der Waals surface area contributed by atoms with Crippen molar-refractivity contribution in [1.29, 1.82) is 0 Å². The summed E-state index contributed by atoms with van der Waals surface area (Å²) in [5, 5.41) is 0. The number of carbonyl (C=O) groups excluding carboxylic acids is 1. The Morgan fingerprint density at radius 3 is 2.35 bits per heavy atom. The lowest BCUT2D eigenvalue weighted by Gasteiger charge is -2.25. The molecule has 0 unspecified atom stereocenters. The van der Waals surface area contributed by atoms with Crippen molar-refractivity contribution in [3.8, 4) is 17.2 Å². The Hall–Kier alpha value is -2.49. The lowest BCUT2D eigenvalue weighted by Crippen LogP contribution is -2.39. The third-order valence-corrected chi connectivity index (χ3v) is 3.71. The second kappa shape index (κ2) is 5.95. The molecule has 0 aliphatic carbocycles. The number of para-hydroxylation sites is 2. The standard InChI is InChI=1S/C19H20O4/c1-19(2,3)13-8-10-14(11-9-13)22-18(20)17-12-21-15-6-4-5-7-16(15)23-17/h4-11,17H,12H2,1-3H3/t17-/m1/s1. The fourth-order valence-corrected chi connectivity index (χ4v) is 2.34. The van der Waals surface area contributed by atoms with Gasteiger partial charge in [0.25, 0.3) is 0 Å². The second-order valence-corrected chi connectivity index (χ2v) is 6.56. The maximum atomic E-state index is 12.2. The van der Waals surface area contributed by atoms with Gasteiger partial charge in [-0.05, 0) is 35.2 Å². The maximum absolute atomic E-state index is 12.2. The van der Waals surface area contributed by atoms with E-state index in [-0.39, 0.29) is 12.0 Å². The number of benzene rings is 2. The van der Waals surface area contributed by atoms with Crippen LogP contribution >= 0.6 is 0 Å². The summed E-state index contributed by atoms with van der Waals surface area (Å²) in [6, 6.07) is 14.8. The minimum Gasteiger partial charge on any atom is -0.485 e. The third-order valence-electron chi connectivity index (χ3n) is 3.71. The lowest BCUT2D eigenvalue weighted by molar-refractivity contribution is -0.144. The predicted molar refractivity (Wildman–Crippen MR) is 87.1 cm³/mol. The topological polar surface area (TPSA) is 44.8 Å². The number of hydrogen-bond acceptors (Lipinski definition) is 4. The van der Waals surface area contributed by atoms with Gasteiger partial charge in [0.15, 0.2) is 11.5 Å². The average Bonchev–Trinajstić information content (AvgIpc) is 2.54. The number of ether oxygens (including phenoxy) is 3. The highest BCUT2D eigenvalue weighted by molar-refractivity contribution is 5.78. The number of carbonyl (C=O) groups is 1. The quantitative estimate of drug-likeness (QED) is 0.626. The Bertz CT molecular complexity index is 698. The first kappa shape index (κ1) is 15.4. The highest BCUT2D eigenvalue weighted by atomic mass is 16.6. The molecule has 0 spiro atoms. The summed E-state index contributed by atoms with van der Waals surface area (Å²) >= 11 is 0. The van der Waals surface area contributed by atoms with Crippen LogP contribution in [0.15, 0.2) is 48.5 Å². The Morgan fingerprint density at radius 2 is 1.70 bits per heavy atom. The summed E-state index contributed by atoms with van der Waals surface area (Å²) in [6.07, 6.45) is -0.757. The fraction of sp³-hybridized carbons (Fsp3) is 0.316. The molecule has 4 heteroatoms. The minimum atomic E-state index is -0.757. The Morgan fingerprint density at radius 1 is 1.04 bits per heavy atom. The van der Waals surface area contributed by atoms with Crippen LogP contribution in [-0.2, 0) is 10.2 Å². The van der Waals surface area contributed by atoms with Gasteiger partial charge in [-0.2, -0.15) is 0 Å². The smallest absolute Gasteiger partial charge is 0.356 e. The molecule has 0 saturated heterocycles. The molecule has 23 heavy (non-hydrogen) atoms. The highest BCUT2D eigenvalue weighted by Crippen LogP contribution is 2.31. The van der Waals surface area contributed by atoms with Gasteiger partial charge in [0, 0.05) is 0 Å². The van der Waals surface area contributed by atoms with Gasteiger partial charge < -0.3 is 14.2 Å². The molecule has 0 amide bonds. The van der Waals surface area contributed by atoms with Gasteiger partial charge in [0.05, 0.1) is 0 Å². The van der Waals surface area contributed by atoms with E-state index >= 15 is 0 Å². The first-order valence-corrected chi connectivity index (χ1v) is 7.64. The summed E-state index contributed by atoms with van der Waals surface area (Å²) in [5.74, 6) is 1.25. The zero-order chi connectivity index (χ0) is 16.4. The van der Waals surface area contributed by atoms with Crippen LogP contribution in [-0.4, -0.2) is 18.7 Å². The molecule has 1 aliphatic heterocycles. The van der Waals surface area contributed by atoms with E-state index in [1.807, 2.05) is 30.3 Å². The molecule has 2 aromatic rings. The fourth-order valence-electron chi connectivity index (χ4n) is 2.34. The van der Waals surface area contributed by atoms with Crippen LogP contribution < -0.4 is 14.2 Å². The SMILES string of the molecule is CC(C)(C)c1ccc(OC(=O)[C@H]2COc3ccccc3O2)cc1. The average molecular weight is 312 g/mol. The van der Waals surface area contributed by atoms with E-state index in [4.69, 9.17) is 14.2 Å². The zero-order valence-corrected chi connectivity index (χ0v) is 13.5. The molecule has 0 aromatic heterocycles. The summed E-state index contributed by atoms with van der Waals surface area (Å²) < 4.78 is 16.6. The van der Waals surface area contributed by atoms with E-state index in [2.05, 4.69) is 20.8 Å². The molecule has 2 aromatic carbocycles. The van der Waals surface area contributed by atoms with Gasteiger partial charge in [0.1, 0.15) is 12.4 Å². The summed E-state index contributed by atoms with van der Waals surface area (Å²) in [5.41, 5.74) is 1.25. The second-order valence-electron chi connectivity index (χ2n) is 6.56. The van der Waals surface area contributed by atoms with Crippen molar-refractivity contribution in [1.82, 2.24) is 0 Å². The van der Waals surface area contributed by atoms with E-state index in [1.165, 1.54) is 5.56 Å². The normalized spacial score (nSPS) is 16.7. The first-order valence-electron chi connectivity index (χ1n) is 7.64. The van der Waals surface area contributed by atoms with Gasteiger partial charge in [0.2, 0.25) is 6.10 Å². The minimum absolute atomic E-state index is 0.0621. The van der Waals surface area contributed by atoms with Crippen LogP contribution in [0.5, 0.6) is 17.2 Å². The van der Waals surface area contributed by atoms with Gasteiger partial charge in [-0.25, -0.2) is 4.79 Å². The van der Waals surface area contributed by atoms with E-state index in [9.17, 15) is 4.79 Å². The van der Waals surface area contributed by atoms with Crippen LogP contribution in [0.25, 0.3) is 0 Å². The van der Waals surface area contributed by atoms with Crippen LogP contribution in [0.1, 0.15) is 26.3 Å². The van der Waals surface area contributed by atoms with Crippen LogP contribution in [0.3, 0.4) is 0 Å². The number of esters is 1. The molecule has 1 heterocycles. The monoisotopic (exact) mass is 312 g/mol. The molecule has 1 atom stereocenters. The van der Waals surface area contributed by atoms with Crippen molar-refractivity contribution in [2.45, 2.75) is 32.3 Å². The Balaban J connectivity index is 1.66. The summed E-state index contributed by atoms with van der Waals surface area (Å²) in [7, 11) is 0. The predicted octanol–water partition coefficient (Wildman–Crippen LogP) is 3.73.